The molecule has 2 aromatic rings. The lowest BCUT2D eigenvalue weighted by Gasteiger charge is -2.18. The van der Waals surface area contributed by atoms with Crippen LogP contribution in [0.25, 0.3) is 11.2 Å². The van der Waals surface area contributed by atoms with E-state index in [2.05, 4.69) is 24.4 Å². The number of imidazole rings is 1. The van der Waals surface area contributed by atoms with Crippen molar-refractivity contribution in [1.29, 1.82) is 0 Å². The Bertz CT molecular complexity index is 696. The van der Waals surface area contributed by atoms with Gasteiger partial charge in [0.05, 0.1) is 19.0 Å². The SMILES string of the molecule is c1nc(N2CC3CCCC3C2)c2ncn(CC3CCCO3)c2n1. The summed E-state index contributed by atoms with van der Waals surface area (Å²) in [6.07, 6.45) is 10.4. The monoisotopic (exact) mass is 313 g/mol. The highest BCUT2D eigenvalue weighted by atomic mass is 16.5. The van der Waals surface area contributed by atoms with Crippen molar-refractivity contribution in [3.05, 3.63) is 12.7 Å². The van der Waals surface area contributed by atoms with E-state index in [0.29, 0.717) is 6.10 Å². The lowest BCUT2D eigenvalue weighted by atomic mass is 10.0. The zero-order chi connectivity index (χ0) is 15.2. The quantitative estimate of drug-likeness (QED) is 0.870. The van der Waals surface area contributed by atoms with Crippen molar-refractivity contribution in [3.63, 3.8) is 0 Å². The third kappa shape index (κ3) is 2.31. The van der Waals surface area contributed by atoms with Crippen molar-refractivity contribution in [1.82, 2.24) is 19.5 Å². The van der Waals surface area contributed by atoms with Gasteiger partial charge in [-0.1, -0.05) is 6.42 Å². The van der Waals surface area contributed by atoms with Crippen LogP contribution in [0.3, 0.4) is 0 Å². The summed E-state index contributed by atoms with van der Waals surface area (Å²) in [7, 11) is 0. The summed E-state index contributed by atoms with van der Waals surface area (Å²) in [5.74, 6) is 2.73. The lowest BCUT2D eigenvalue weighted by molar-refractivity contribution is 0.0978. The van der Waals surface area contributed by atoms with Gasteiger partial charge in [-0.3, -0.25) is 0 Å². The summed E-state index contributed by atoms with van der Waals surface area (Å²) < 4.78 is 7.89. The van der Waals surface area contributed by atoms with Crippen LogP contribution in [0.5, 0.6) is 0 Å². The van der Waals surface area contributed by atoms with Crippen molar-refractivity contribution in [2.75, 3.05) is 24.6 Å². The van der Waals surface area contributed by atoms with E-state index in [-0.39, 0.29) is 0 Å². The molecule has 0 spiro atoms. The van der Waals surface area contributed by atoms with E-state index in [1.165, 1.54) is 19.3 Å². The summed E-state index contributed by atoms with van der Waals surface area (Å²) in [6.45, 7) is 4.00. The molecule has 2 aromatic heterocycles. The molecule has 0 amide bonds. The number of rotatable bonds is 3. The molecule has 0 aromatic carbocycles. The van der Waals surface area contributed by atoms with Gasteiger partial charge in [0.15, 0.2) is 17.0 Å². The van der Waals surface area contributed by atoms with Crippen LogP contribution in [-0.2, 0) is 11.3 Å². The summed E-state index contributed by atoms with van der Waals surface area (Å²) >= 11 is 0. The molecule has 0 N–H and O–H groups in total. The molecule has 6 nitrogen and oxygen atoms in total. The Balaban J connectivity index is 1.44. The molecule has 2 aliphatic heterocycles. The molecule has 2 saturated heterocycles. The van der Waals surface area contributed by atoms with Crippen LogP contribution in [0, 0.1) is 11.8 Å². The summed E-state index contributed by atoms with van der Waals surface area (Å²) in [5, 5.41) is 0. The average molecular weight is 313 g/mol. The zero-order valence-electron chi connectivity index (χ0n) is 13.4. The van der Waals surface area contributed by atoms with Gasteiger partial charge in [0.25, 0.3) is 0 Å². The van der Waals surface area contributed by atoms with Crippen molar-refractivity contribution >= 4 is 17.0 Å². The highest BCUT2D eigenvalue weighted by Crippen LogP contribution is 2.40. The number of hydrogen-bond donors (Lipinski definition) is 0. The topological polar surface area (TPSA) is 56.1 Å². The molecule has 3 aliphatic rings. The fraction of sp³-hybridized carbons (Fsp3) is 0.706. The average Bonchev–Trinajstić information content (AvgIpc) is 3.31. The molecule has 3 fully saturated rings. The Kier molecular flexibility index (Phi) is 3.25. The van der Waals surface area contributed by atoms with Crippen LogP contribution in [0.2, 0.25) is 0 Å². The first-order chi connectivity index (χ1) is 11.4. The van der Waals surface area contributed by atoms with Gasteiger partial charge in [-0.2, -0.15) is 0 Å². The fourth-order valence-corrected chi connectivity index (χ4v) is 4.65. The number of aromatic nitrogens is 4. The van der Waals surface area contributed by atoms with E-state index >= 15 is 0 Å². The number of nitrogens with zero attached hydrogens (tertiary/aromatic N) is 5. The summed E-state index contributed by atoms with van der Waals surface area (Å²) in [6, 6.07) is 0. The van der Waals surface area contributed by atoms with E-state index in [4.69, 9.17) is 4.74 Å². The molecular weight excluding hydrogens is 290 g/mol. The molecule has 0 radical (unpaired) electrons. The molecule has 1 saturated carbocycles. The highest BCUT2D eigenvalue weighted by Gasteiger charge is 2.37. The predicted molar refractivity (Wildman–Crippen MR) is 87.3 cm³/mol. The van der Waals surface area contributed by atoms with Gasteiger partial charge in [-0.25, -0.2) is 15.0 Å². The minimum Gasteiger partial charge on any atom is -0.376 e. The largest absolute Gasteiger partial charge is 0.376 e. The number of ether oxygens (including phenoxy) is 1. The van der Waals surface area contributed by atoms with E-state index in [9.17, 15) is 0 Å². The van der Waals surface area contributed by atoms with Crippen molar-refractivity contribution in [2.24, 2.45) is 11.8 Å². The molecule has 23 heavy (non-hydrogen) atoms. The first-order valence-corrected chi connectivity index (χ1v) is 8.91. The van der Waals surface area contributed by atoms with Crippen LogP contribution >= 0.6 is 0 Å². The number of fused-ring (bicyclic) bond motifs is 2. The predicted octanol–water partition coefficient (Wildman–Crippen LogP) is 2.24. The third-order valence-electron chi connectivity index (χ3n) is 5.83. The van der Waals surface area contributed by atoms with Crippen LogP contribution in [-0.4, -0.2) is 45.3 Å². The van der Waals surface area contributed by atoms with Crippen LogP contribution in [0.4, 0.5) is 5.82 Å². The Hall–Kier alpha value is -1.69. The van der Waals surface area contributed by atoms with E-state index in [1.807, 2.05) is 6.33 Å². The minimum absolute atomic E-state index is 0.303. The molecular formula is C17H23N5O. The molecule has 3 atom stereocenters. The van der Waals surface area contributed by atoms with Crippen LogP contribution in [0.1, 0.15) is 32.1 Å². The standard InChI is InChI=1S/C17H23N5O/c1-3-12-7-21(8-13(12)4-1)16-15-17(19-10-18-16)22(11-20-15)9-14-5-2-6-23-14/h10-14H,1-9H2. The van der Waals surface area contributed by atoms with E-state index < -0.39 is 0 Å². The van der Waals surface area contributed by atoms with Crippen molar-refractivity contribution in [2.45, 2.75) is 44.8 Å². The van der Waals surface area contributed by atoms with Crippen molar-refractivity contribution in [3.8, 4) is 0 Å². The van der Waals surface area contributed by atoms with Gasteiger partial charge in [-0.15, -0.1) is 0 Å². The van der Waals surface area contributed by atoms with Gasteiger partial charge in [0.1, 0.15) is 6.33 Å². The molecule has 0 bridgehead atoms. The second-order valence-electron chi connectivity index (χ2n) is 7.26. The smallest absolute Gasteiger partial charge is 0.165 e. The second kappa shape index (κ2) is 5.44. The molecule has 6 heteroatoms. The maximum Gasteiger partial charge on any atom is 0.165 e. The van der Waals surface area contributed by atoms with E-state index in [0.717, 1.165) is 67.9 Å². The fourth-order valence-electron chi connectivity index (χ4n) is 4.65. The first-order valence-electron chi connectivity index (χ1n) is 8.91. The van der Waals surface area contributed by atoms with Crippen molar-refractivity contribution < 1.29 is 4.74 Å². The van der Waals surface area contributed by atoms with Crippen LogP contribution < -0.4 is 4.90 Å². The van der Waals surface area contributed by atoms with Crippen LogP contribution in [0.15, 0.2) is 12.7 Å². The first kappa shape index (κ1) is 13.7. The van der Waals surface area contributed by atoms with Gasteiger partial charge in [0, 0.05) is 19.7 Å². The summed E-state index contributed by atoms with van der Waals surface area (Å²) in [5.41, 5.74) is 1.90. The van der Waals surface area contributed by atoms with Gasteiger partial charge in [-0.05, 0) is 37.5 Å². The molecule has 3 unspecified atom stereocenters. The highest BCUT2D eigenvalue weighted by molar-refractivity contribution is 5.83. The normalized spacial score (nSPS) is 30.4. The Labute approximate surface area is 135 Å². The second-order valence-corrected chi connectivity index (χ2v) is 7.26. The minimum atomic E-state index is 0.303. The molecule has 122 valence electrons. The van der Waals surface area contributed by atoms with Gasteiger partial charge < -0.3 is 14.2 Å². The lowest BCUT2D eigenvalue weighted by Crippen LogP contribution is -2.22. The maximum absolute atomic E-state index is 5.75. The number of anilines is 1. The molecule has 4 heterocycles. The van der Waals surface area contributed by atoms with Gasteiger partial charge >= 0.3 is 0 Å². The Morgan fingerprint density at radius 2 is 1.91 bits per heavy atom. The molecule has 5 rings (SSSR count). The summed E-state index contributed by atoms with van der Waals surface area (Å²) in [4.78, 5) is 16.1. The molecule has 1 aliphatic carbocycles. The third-order valence-corrected chi connectivity index (χ3v) is 5.83. The van der Waals surface area contributed by atoms with E-state index in [1.54, 1.807) is 6.33 Å². The Morgan fingerprint density at radius 3 is 2.70 bits per heavy atom. The zero-order valence-corrected chi connectivity index (χ0v) is 13.4. The maximum atomic E-state index is 5.75. The van der Waals surface area contributed by atoms with Gasteiger partial charge in [0.2, 0.25) is 0 Å². The Morgan fingerprint density at radius 1 is 1.04 bits per heavy atom. The number of hydrogen-bond acceptors (Lipinski definition) is 5.